The highest BCUT2D eigenvalue weighted by atomic mass is 79.9. The van der Waals surface area contributed by atoms with Gasteiger partial charge in [-0.1, -0.05) is 26.0 Å². The van der Waals surface area contributed by atoms with Crippen molar-refractivity contribution in [1.29, 1.82) is 0 Å². The zero-order valence-corrected chi connectivity index (χ0v) is 12.8. The number of nitrogens with zero attached hydrogens (tertiary/aromatic N) is 1. The van der Waals surface area contributed by atoms with Crippen molar-refractivity contribution >= 4 is 21.6 Å². The Morgan fingerprint density at radius 2 is 2.11 bits per heavy atom. The van der Waals surface area contributed by atoms with Gasteiger partial charge in [0.05, 0.1) is 5.69 Å². The molecule has 1 atom stereocenters. The monoisotopic (exact) mass is 311 g/mol. The van der Waals surface area contributed by atoms with Gasteiger partial charge < -0.3 is 10.0 Å². The Kier molecular flexibility index (Phi) is 4.33. The predicted molar refractivity (Wildman–Crippen MR) is 79.9 cm³/mol. The predicted octanol–water partition coefficient (Wildman–Crippen LogP) is 3.68. The van der Waals surface area contributed by atoms with Gasteiger partial charge in [0, 0.05) is 24.2 Å². The van der Waals surface area contributed by atoms with E-state index in [1.165, 1.54) is 10.2 Å². The van der Waals surface area contributed by atoms with Crippen molar-refractivity contribution in [2.24, 2.45) is 11.3 Å². The van der Waals surface area contributed by atoms with E-state index >= 15 is 0 Å². The lowest BCUT2D eigenvalue weighted by atomic mass is 9.72. The van der Waals surface area contributed by atoms with Crippen LogP contribution >= 0.6 is 15.9 Å². The number of piperidine rings is 1. The minimum absolute atomic E-state index is 0.260. The minimum Gasteiger partial charge on any atom is -0.396 e. The van der Waals surface area contributed by atoms with Crippen LogP contribution in [-0.2, 0) is 0 Å². The average molecular weight is 312 g/mol. The first kappa shape index (κ1) is 13.9. The summed E-state index contributed by atoms with van der Waals surface area (Å²) in [5, 5.41) is 9.16. The number of halogens is 1. The van der Waals surface area contributed by atoms with E-state index in [2.05, 4.69) is 58.9 Å². The van der Waals surface area contributed by atoms with Crippen LogP contribution in [0.15, 0.2) is 28.7 Å². The SMILES string of the molecule is CC1(C)CN(c2ccccc2Br)CCC1CCO. The largest absolute Gasteiger partial charge is 0.396 e. The fraction of sp³-hybridized carbons (Fsp3) is 0.600. The molecule has 0 radical (unpaired) electrons. The quantitative estimate of drug-likeness (QED) is 0.920. The smallest absolute Gasteiger partial charge is 0.0510 e. The summed E-state index contributed by atoms with van der Waals surface area (Å²) in [4.78, 5) is 2.46. The van der Waals surface area contributed by atoms with Crippen LogP contribution in [0.4, 0.5) is 5.69 Å². The molecule has 1 aromatic rings. The molecule has 0 saturated carbocycles. The summed E-state index contributed by atoms with van der Waals surface area (Å²) >= 11 is 3.63. The van der Waals surface area contributed by atoms with Crippen molar-refractivity contribution in [2.75, 3.05) is 24.6 Å². The van der Waals surface area contributed by atoms with E-state index in [4.69, 9.17) is 5.11 Å². The van der Waals surface area contributed by atoms with E-state index in [1.807, 2.05) is 0 Å². The summed E-state index contributed by atoms with van der Waals surface area (Å²) in [6.45, 7) is 7.08. The van der Waals surface area contributed by atoms with Crippen molar-refractivity contribution in [3.05, 3.63) is 28.7 Å². The molecule has 1 saturated heterocycles. The first-order valence-electron chi connectivity index (χ1n) is 6.65. The van der Waals surface area contributed by atoms with E-state index in [-0.39, 0.29) is 5.41 Å². The summed E-state index contributed by atoms with van der Waals surface area (Å²) in [6.07, 6.45) is 2.09. The summed E-state index contributed by atoms with van der Waals surface area (Å²) in [6, 6.07) is 8.42. The van der Waals surface area contributed by atoms with E-state index in [1.54, 1.807) is 0 Å². The molecule has 2 rings (SSSR count). The topological polar surface area (TPSA) is 23.5 Å². The van der Waals surface area contributed by atoms with Gasteiger partial charge in [-0.3, -0.25) is 0 Å². The molecule has 1 aliphatic rings. The molecule has 1 N–H and O–H groups in total. The first-order chi connectivity index (χ1) is 8.54. The maximum atomic E-state index is 9.16. The lowest BCUT2D eigenvalue weighted by Crippen LogP contribution is -2.46. The first-order valence-corrected chi connectivity index (χ1v) is 7.44. The third-order valence-corrected chi connectivity index (χ3v) is 4.79. The number of rotatable bonds is 3. The lowest BCUT2D eigenvalue weighted by Gasteiger charge is -2.45. The Morgan fingerprint density at radius 3 is 2.72 bits per heavy atom. The van der Waals surface area contributed by atoms with Gasteiger partial charge in [0.25, 0.3) is 0 Å². The van der Waals surface area contributed by atoms with Crippen molar-refractivity contribution in [3.63, 3.8) is 0 Å². The van der Waals surface area contributed by atoms with Gasteiger partial charge >= 0.3 is 0 Å². The molecule has 1 fully saturated rings. The highest BCUT2D eigenvalue weighted by Crippen LogP contribution is 2.40. The molecule has 0 aliphatic carbocycles. The van der Waals surface area contributed by atoms with Gasteiger partial charge in [-0.05, 0) is 52.2 Å². The molecule has 1 aromatic carbocycles. The second kappa shape index (κ2) is 5.62. The van der Waals surface area contributed by atoms with Crippen LogP contribution in [0, 0.1) is 11.3 Å². The summed E-state index contributed by atoms with van der Waals surface area (Å²) in [5.41, 5.74) is 1.55. The molecular weight excluding hydrogens is 290 g/mol. The number of aliphatic hydroxyl groups excluding tert-OH is 1. The van der Waals surface area contributed by atoms with Gasteiger partial charge in [-0.2, -0.15) is 0 Å². The molecule has 1 heterocycles. The lowest BCUT2D eigenvalue weighted by molar-refractivity contribution is 0.134. The van der Waals surface area contributed by atoms with Crippen LogP contribution in [-0.4, -0.2) is 24.8 Å². The van der Waals surface area contributed by atoms with Crippen LogP contribution in [0.3, 0.4) is 0 Å². The Bertz CT molecular complexity index is 405. The van der Waals surface area contributed by atoms with E-state index in [9.17, 15) is 0 Å². The Morgan fingerprint density at radius 1 is 1.39 bits per heavy atom. The maximum absolute atomic E-state index is 9.16. The number of anilines is 1. The summed E-state index contributed by atoms with van der Waals surface area (Å²) < 4.78 is 1.17. The van der Waals surface area contributed by atoms with Crippen LogP contribution in [0.25, 0.3) is 0 Å². The summed E-state index contributed by atoms with van der Waals surface area (Å²) in [7, 11) is 0. The third kappa shape index (κ3) is 2.89. The standard InChI is InChI=1S/C15H22BrNO/c1-15(2)11-17(9-7-12(15)8-10-18)14-6-4-3-5-13(14)16/h3-6,12,18H,7-11H2,1-2H3. The van der Waals surface area contributed by atoms with Gasteiger partial charge in [0.1, 0.15) is 0 Å². The van der Waals surface area contributed by atoms with Crippen LogP contribution in [0.1, 0.15) is 26.7 Å². The maximum Gasteiger partial charge on any atom is 0.0510 e. The Hall–Kier alpha value is -0.540. The molecule has 100 valence electrons. The van der Waals surface area contributed by atoms with Gasteiger partial charge in [-0.15, -0.1) is 0 Å². The molecule has 1 aliphatic heterocycles. The van der Waals surface area contributed by atoms with Crippen molar-refractivity contribution in [3.8, 4) is 0 Å². The number of aliphatic hydroxyl groups is 1. The number of benzene rings is 1. The molecule has 0 spiro atoms. The Balaban J connectivity index is 2.14. The van der Waals surface area contributed by atoms with E-state index in [0.29, 0.717) is 12.5 Å². The van der Waals surface area contributed by atoms with Gasteiger partial charge in [0.15, 0.2) is 0 Å². The fourth-order valence-electron chi connectivity index (χ4n) is 3.01. The normalized spacial score (nSPS) is 23.1. The highest BCUT2D eigenvalue weighted by Gasteiger charge is 2.35. The third-order valence-electron chi connectivity index (χ3n) is 4.12. The Labute approximate surface area is 118 Å². The molecule has 0 aromatic heterocycles. The van der Waals surface area contributed by atoms with Crippen molar-refractivity contribution < 1.29 is 5.11 Å². The van der Waals surface area contributed by atoms with E-state index < -0.39 is 0 Å². The number of hydrogen-bond acceptors (Lipinski definition) is 2. The molecule has 1 unspecified atom stereocenters. The zero-order valence-electron chi connectivity index (χ0n) is 11.2. The summed E-state index contributed by atoms with van der Waals surface area (Å²) in [5.74, 6) is 0.626. The number of hydrogen-bond donors (Lipinski definition) is 1. The number of para-hydroxylation sites is 1. The van der Waals surface area contributed by atoms with E-state index in [0.717, 1.165) is 25.9 Å². The van der Waals surface area contributed by atoms with Crippen LogP contribution in [0.5, 0.6) is 0 Å². The highest BCUT2D eigenvalue weighted by molar-refractivity contribution is 9.10. The van der Waals surface area contributed by atoms with Gasteiger partial charge in [-0.25, -0.2) is 0 Å². The van der Waals surface area contributed by atoms with Crippen molar-refractivity contribution in [2.45, 2.75) is 26.7 Å². The molecule has 2 nitrogen and oxygen atoms in total. The second-order valence-electron chi connectivity index (χ2n) is 5.86. The van der Waals surface area contributed by atoms with Gasteiger partial charge in [0.2, 0.25) is 0 Å². The molecular formula is C15H22BrNO. The van der Waals surface area contributed by atoms with Crippen molar-refractivity contribution in [1.82, 2.24) is 0 Å². The molecule has 0 bridgehead atoms. The fourth-order valence-corrected chi connectivity index (χ4v) is 3.54. The zero-order chi connectivity index (χ0) is 13.2. The molecule has 3 heteroatoms. The average Bonchev–Trinajstić information content (AvgIpc) is 2.32. The second-order valence-corrected chi connectivity index (χ2v) is 6.71. The van der Waals surface area contributed by atoms with Crippen LogP contribution < -0.4 is 4.90 Å². The molecule has 0 amide bonds. The van der Waals surface area contributed by atoms with Crippen LogP contribution in [0.2, 0.25) is 0 Å². The molecule has 18 heavy (non-hydrogen) atoms. The minimum atomic E-state index is 0.260.